The monoisotopic (exact) mass is 274 g/mol. The number of esters is 1. The molecule has 1 unspecified atom stereocenters. The maximum Gasteiger partial charge on any atom is 0.328 e. The predicted octanol–water partition coefficient (Wildman–Crippen LogP) is 2.22. The molecule has 0 saturated heterocycles. The highest BCUT2D eigenvalue weighted by Gasteiger charge is 2.18. The van der Waals surface area contributed by atoms with E-state index in [1.165, 1.54) is 7.11 Å². The van der Waals surface area contributed by atoms with Crippen molar-refractivity contribution >= 4 is 5.97 Å². The molecule has 0 spiro atoms. The zero-order valence-electron chi connectivity index (χ0n) is 11.9. The molecule has 0 saturated carbocycles. The molecule has 5 heteroatoms. The zero-order chi connectivity index (χ0) is 14.5. The average molecular weight is 274 g/mol. The van der Waals surface area contributed by atoms with E-state index in [-0.39, 0.29) is 12.0 Å². The standard InChI is InChI=1S/C15H18N2O3/c1-11(15(18)20-3)17-9-8-16-14(17)10-12-4-6-13(19-2)7-5-12/h4-9,11H,10H2,1-3H3. The molecule has 0 aliphatic carbocycles. The fourth-order valence-corrected chi connectivity index (χ4v) is 2.04. The summed E-state index contributed by atoms with van der Waals surface area (Å²) in [5.41, 5.74) is 1.11. The molecule has 20 heavy (non-hydrogen) atoms. The van der Waals surface area contributed by atoms with Crippen molar-refractivity contribution < 1.29 is 14.3 Å². The summed E-state index contributed by atoms with van der Waals surface area (Å²) in [7, 11) is 3.03. The van der Waals surface area contributed by atoms with Crippen LogP contribution in [0.25, 0.3) is 0 Å². The maximum absolute atomic E-state index is 11.6. The van der Waals surface area contributed by atoms with E-state index in [1.54, 1.807) is 26.4 Å². The summed E-state index contributed by atoms with van der Waals surface area (Å²) < 4.78 is 11.7. The van der Waals surface area contributed by atoms with E-state index in [2.05, 4.69) is 4.98 Å². The van der Waals surface area contributed by atoms with Crippen molar-refractivity contribution in [3.63, 3.8) is 0 Å². The Morgan fingerprint density at radius 1 is 1.30 bits per heavy atom. The van der Waals surface area contributed by atoms with Crippen LogP contribution in [0.15, 0.2) is 36.7 Å². The molecule has 0 bridgehead atoms. The van der Waals surface area contributed by atoms with E-state index >= 15 is 0 Å². The number of hydrogen-bond acceptors (Lipinski definition) is 4. The topological polar surface area (TPSA) is 53.4 Å². The number of nitrogens with zero attached hydrogens (tertiary/aromatic N) is 2. The van der Waals surface area contributed by atoms with Crippen molar-refractivity contribution in [3.8, 4) is 5.75 Å². The smallest absolute Gasteiger partial charge is 0.328 e. The van der Waals surface area contributed by atoms with E-state index < -0.39 is 0 Å². The number of imidazole rings is 1. The second-order valence-electron chi connectivity index (χ2n) is 4.47. The van der Waals surface area contributed by atoms with E-state index in [0.717, 1.165) is 17.1 Å². The van der Waals surface area contributed by atoms with Gasteiger partial charge in [0.05, 0.1) is 14.2 Å². The molecule has 0 fully saturated rings. The molecule has 5 nitrogen and oxygen atoms in total. The lowest BCUT2D eigenvalue weighted by Crippen LogP contribution is -2.19. The first-order valence-electron chi connectivity index (χ1n) is 6.38. The first-order chi connectivity index (χ1) is 9.65. The van der Waals surface area contributed by atoms with Crippen molar-refractivity contribution in [1.82, 2.24) is 9.55 Å². The molecule has 1 aromatic heterocycles. The van der Waals surface area contributed by atoms with Crippen molar-refractivity contribution in [2.24, 2.45) is 0 Å². The lowest BCUT2D eigenvalue weighted by atomic mass is 10.1. The van der Waals surface area contributed by atoms with Gasteiger partial charge < -0.3 is 14.0 Å². The van der Waals surface area contributed by atoms with Gasteiger partial charge in [-0.1, -0.05) is 12.1 Å². The Bertz CT molecular complexity index is 575. The van der Waals surface area contributed by atoms with Crippen LogP contribution in [-0.4, -0.2) is 29.7 Å². The number of hydrogen-bond donors (Lipinski definition) is 0. The largest absolute Gasteiger partial charge is 0.497 e. The molecule has 1 heterocycles. The van der Waals surface area contributed by atoms with E-state index in [4.69, 9.17) is 9.47 Å². The molecular formula is C15H18N2O3. The first kappa shape index (κ1) is 14.1. The molecule has 0 aliphatic heterocycles. The molecule has 2 rings (SSSR count). The number of rotatable bonds is 5. The van der Waals surface area contributed by atoms with Gasteiger partial charge in [0, 0.05) is 18.8 Å². The van der Waals surface area contributed by atoms with Gasteiger partial charge in [0.15, 0.2) is 0 Å². The van der Waals surface area contributed by atoms with Gasteiger partial charge in [0.25, 0.3) is 0 Å². The Balaban J connectivity index is 2.17. The molecule has 1 atom stereocenters. The van der Waals surface area contributed by atoms with Crippen LogP contribution in [0.3, 0.4) is 0 Å². The van der Waals surface area contributed by atoms with Crippen molar-refractivity contribution in [2.45, 2.75) is 19.4 Å². The minimum atomic E-state index is -0.379. The Morgan fingerprint density at radius 2 is 2.00 bits per heavy atom. The summed E-state index contributed by atoms with van der Waals surface area (Å²) in [6.07, 6.45) is 4.14. The second-order valence-corrected chi connectivity index (χ2v) is 4.47. The SMILES string of the molecule is COC(=O)C(C)n1ccnc1Cc1ccc(OC)cc1. The normalized spacial score (nSPS) is 11.9. The molecule has 0 aliphatic rings. The molecule has 106 valence electrons. The van der Waals surface area contributed by atoms with Crippen molar-refractivity contribution in [2.75, 3.05) is 14.2 Å². The molecule has 2 aromatic rings. The van der Waals surface area contributed by atoms with Crippen LogP contribution >= 0.6 is 0 Å². The third-order valence-corrected chi connectivity index (χ3v) is 3.23. The van der Waals surface area contributed by atoms with E-state index in [9.17, 15) is 4.79 Å². The number of carbonyl (C=O) groups excluding carboxylic acids is 1. The maximum atomic E-state index is 11.6. The van der Waals surface area contributed by atoms with Gasteiger partial charge >= 0.3 is 5.97 Å². The van der Waals surface area contributed by atoms with Gasteiger partial charge in [0.2, 0.25) is 0 Å². The number of aromatic nitrogens is 2. The van der Waals surface area contributed by atoms with Crippen LogP contribution < -0.4 is 4.74 Å². The quantitative estimate of drug-likeness (QED) is 0.784. The van der Waals surface area contributed by atoms with Gasteiger partial charge in [0.1, 0.15) is 17.6 Å². The minimum absolute atomic E-state index is 0.279. The third-order valence-electron chi connectivity index (χ3n) is 3.23. The molecule has 0 amide bonds. The number of methoxy groups -OCH3 is 2. The van der Waals surface area contributed by atoms with Crippen LogP contribution in [0.2, 0.25) is 0 Å². The lowest BCUT2D eigenvalue weighted by Gasteiger charge is -2.14. The number of carbonyl (C=O) groups is 1. The van der Waals surface area contributed by atoms with Crippen LogP contribution in [0, 0.1) is 0 Å². The predicted molar refractivity (Wildman–Crippen MR) is 74.8 cm³/mol. The fourth-order valence-electron chi connectivity index (χ4n) is 2.04. The fraction of sp³-hybridized carbons (Fsp3) is 0.333. The highest BCUT2D eigenvalue weighted by atomic mass is 16.5. The summed E-state index contributed by atoms with van der Waals surface area (Å²) >= 11 is 0. The minimum Gasteiger partial charge on any atom is -0.497 e. The van der Waals surface area contributed by atoms with E-state index in [0.29, 0.717) is 6.42 Å². The van der Waals surface area contributed by atoms with Crippen LogP contribution in [-0.2, 0) is 16.0 Å². The third kappa shape index (κ3) is 2.99. The number of benzene rings is 1. The van der Waals surface area contributed by atoms with Crippen LogP contribution in [0.5, 0.6) is 5.75 Å². The number of ether oxygens (including phenoxy) is 2. The van der Waals surface area contributed by atoms with Gasteiger partial charge in [-0.2, -0.15) is 0 Å². The van der Waals surface area contributed by atoms with Gasteiger partial charge in [-0.25, -0.2) is 9.78 Å². The summed E-state index contributed by atoms with van der Waals surface area (Å²) in [6, 6.07) is 7.41. The molecule has 0 radical (unpaired) electrons. The lowest BCUT2D eigenvalue weighted by molar-refractivity contribution is -0.144. The Morgan fingerprint density at radius 3 is 2.60 bits per heavy atom. The molecule has 1 aromatic carbocycles. The summed E-state index contributed by atoms with van der Waals surface area (Å²) in [6.45, 7) is 1.80. The van der Waals surface area contributed by atoms with Gasteiger partial charge in [-0.15, -0.1) is 0 Å². The Labute approximate surface area is 118 Å². The summed E-state index contributed by atoms with van der Waals surface area (Å²) in [5.74, 6) is 1.37. The average Bonchev–Trinajstić information content (AvgIpc) is 2.94. The van der Waals surface area contributed by atoms with Crippen molar-refractivity contribution in [1.29, 1.82) is 0 Å². The van der Waals surface area contributed by atoms with Crippen LogP contribution in [0.4, 0.5) is 0 Å². The van der Waals surface area contributed by atoms with E-state index in [1.807, 2.05) is 28.8 Å². The zero-order valence-corrected chi connectivity index (χ0v) is 11.9. The van der Waals surface area contributed by atoms with Crippen molar-refractivity contribution in [3.05, 3.63) is 48.0 Å². The molecule has 0 N–H and O–H groups in total. The summed E-state index contributed by atoms with van der Waals surface area (Å²) in [5, 5.41) is 0. The van der Waals surface area contributed by atoms with Crippen LogP contribution in [0.1, 0.15) is 24.4 Å². The van der Waals surface area contributed by atoms with Gasteiger partial charge in [-0.3, -0.25) is 0 Å². The van der Waals surface area contributed by atoms with Gasteiger partial charge in [-0.05, 0) is 24.6 Å². The first-order valence-corrected chi connectivity index (χ1v) is 6.38. The molecular weight excluding hydrogens is 256 g/mol. The Kier molecular flexibility index (Phi) is 4.40. The highest BCUT2D eigenvalue weighted by Crippen LogP contribution is 2.17. The Hall–Kier alpha value is -2.30. The summed E-state index contributed by atoms with van der Waals surface area (Å²) in [4.78, 5) is 15.9. The highest BCUT2D eigenvalue weighted by molar-refractivity contribution is 5.73. The second kappa shape index (κ2) is 6.23.